The molecule has 58 valence electrons. The van der Waals surface area contributed by atoms with E-state index in [0.29, 0.717) is 0 Å². The fourth-order valence-electron chi connectivity index (χ4n) is 0.768. The van der Waals surface area contributed by atoms with Crippen LogP contribution in [-0.2, 0) is 0 Å². The van der Waals surface area contributed by atoms with E-state index >= 15 is 0 Å². The molecule has 3 nitrogen and oxygen atoms in total. The van der Waals surface area contributed by atoms with Crippen molar-refractivity contribution in [3.05, 3.63) is 35.0 Å². The van der Waals surface area contributed by atoms with Crippen molar-refractivity contribution in [3.8, 4) is 5.75 Å². The maximum Gasteiger partial charge on any atom is 0.179 e. The third kappa shape index (κ3) is 1.97. The van der Waals surface area contributed by atoms with Crippen molar-refractivity contribution < 1.29 is 9.89 Å². The van der Waals surface area contributed by atoms with Gasteiger partial charge in [0, 0.05) is 5.56 Å². The van der Waals surface area contributed by atoms with Crippen molar-refractivity contribution in [1.82, 2.24) is 0 Å². The van der Waals surface area contributed by atoms with Crippen LogP contribution >= 0.6 is 0 Å². The molecule has 0 aliphatic rings. The van der Waals surface area contributed by atoms with Gasteiger partial charge in [-0.25, -0.2) is 5.16 Å². The molecule has 1 aromatic carbocycles. The number of hydrogen-bond acceptors (Lipinski definition) is 2. The van der Waals surface area contributed by atoms with Gasteiger partial charge in [0.2, 0.25) is 0 Å². The van der Waals surface area contributed by atoms with Crippen LogP contribution in [0.4, 0.5) is 0 Å². The van der Waals surface area contributed by atoms with E-state index in [1.165, 1.54) is 6.21 Å². The molecule has 0 radical (unpaired) electrons. The van der Waals surface area contributed by atoms with E-state index in [-0.39, 0.29) is 0 Å². The highest BCUT2D eigenvalue weighted by molar-refractivity contribution is 5.75. The molecule has 0 spiro atoms. The SMILES string of the molecule is COc1ccc(C=[NH+][O-])cc1. The number of methoxy groups -OCH3 is 1. The summed E-state index contributed by atoms with van der Waals surface area (Å²) in [5.74, 6) is 0.785. The number of hydrogen-bond donors (Lipinski definition) is 1. The van der Waals surface area contributed by atoms with Crippen molar-refractivity contribution in [2.75, 3.05) is 7.11 Å². The first-order chi connectivity index (χ1) is 5.36. The fraction of sp³-hybridized carbons (Fsp3) is 0.125. The summed E-state index contributed by atoms with van der Waals surface area (Å²) in [6, 6.07) is 7.18. The molecule has 0 amide bonds. The summed E-state index contributed by atoms with van der Waals surface area (Å²) in [5, 5.41) is 11.6. The Morgan fingerprint density at radius 3 is 2.45 bits per heavy atom. The van der Waals surface area contributed by atoms with E-state index < -0.39 is 0 Å². The van der Waals surface area contributed by atoms with Crippen LogP contribution in [0.5, 0.6) is 5.75 Å². The molecule has 11 heavy (non-hydrogen) atoms. The van der Waals surface area contributed by atoms with Gasteiger partial charge in [-0.2, -0.15) is 0 Å². The summed E-state index contributed by atoms with van der Waals surface area (Å²) in [6.45, 7) is 0. The molecule has 3 heteroatoms. The van der Waals surface area contributed by atoms with E-state index in [9.17, 15) is 5.21 Å². The zero-order chi connectivity index (χ0) is 8.10. The lowest BCUT2D eigenvalue weighted by molar-refractivity contribution is -0.366. The Bertz CT molecular complexity index is 241. The molecule has 0 saturated heterocycles. The van der Waals surface area contributed by atoms with Gasteiger partial charge in [-0.3, -0.25) is 0 Å². The van der Waals surface area contributed by atoms with E-state index in [2.05, 4.69) is 0 Å². The zero-order valence-corrected chi connectivity index (χ0v) is 6.20. The molecule has 0 fully saturated rings. The van der Waals surface area contributed by atoms with Gasteiger partial charge < -0.3 is 9.94 Å². The largest absolute Gasteiger partial charge is 0.625 e. The molecule has 1 rings (SSSR count). The summed E-state index contributed by atoms with van der Waals surface area (Å²) in [6.07, 6.45) is 1.37. The van der Waals surface area contributed by atoms with Gasteiger partial charge in [0.25, 0.3) is 0 Å². The van der Waals surface area contributed by atoms with Crippen molar-refractivity contribution >= 4 is 6.21 Å². The molecule has 0 bridgehead atoms. The predicted molar refractivity (Wildman–Crippen MR) is 42.5 cm³/mol. The van der Waals surface area contributed by atoms with Gasteiger partial charge in [-0.15, -0.1) is 0 Å². The first kappa shape index (κ1) is 7.60. The number of rotatable bonds is 2. The highest BCUT2D eigenvalue weighted by atomic mass is 16.5. The molecule has 0 unspecified atom stereocenters. The lowest BCUT2D eigenvalue weighted by Crippen LogP contribution is -2.60. The standard InChI is InChI=1S/C8H9NO2/c1-11-8-4-2-7(3-5-8)6-9-10/h2-6,9H,1H3. The van der Waals surface area contributed by atoms with Gasteiger partial charge in [-0.05, 0) is 24.3 Å². The summed E-state index contributed by atoms with van der Waals surface area (Å²) < 4.78 is 4.93. The quantitative estimate of drug-likeness (QED) is 0.358. The third-order valence-corrected chi connectivity index (χ3v) is 1.34. The Morgan fingerprint density at radius 1 is 1.36 bits per heavy atom. The van der Waals surface area contributed by atoms with E-state index in [0.717, 1.165) is 11.3 Å². The highest BCUT2D eigenvalue weighted by Gasteiger charge is 1.90. The Morgan fingerprint density at radius 2 is 2.00 bits per heavy atom. The number of nitrogens with one attached hydrogen (secondary N) is 1. The van der Waals surface area contributed by atoms with Crippen LogP contribution < -0.4 is 9.89 Å². The summed E-state index contributed by atoms with van der Waals surface area (Å²) >= 11 is 0. The molecule has 0 heterocycles. The second kappa shape index (κ2) is 3.61. The van der Waals surface area contributed by atoms with Gasteiger partial charge in [0.1, 0.15) is 5.75 Å². The van der Waals surface area contributed by atoms with Crippen molar-refractivity contribution in [2.45, 2.75) is 0 Å². The molecule has 1 aromatic rings. The normalized spacial score (nSPS) is 10.3. The smallest absolute Gasteiger partial charge is 0.179 e. The van der Waals surface area contributed by atoms with Crippen LogP contribution in [0.25, 0.3) is 0 Å². The predicted octanol–water partition coefficient (Wildman–Crippen LogP) is -0.308. The lowest BCUT2D eigenvalue weighted by atomic mass is 10.2. The first-order valence-electron chi connectivity index (χ1n) is 3.22. The zero-order valence-electron chi connectivity index (χ0n) is 6.20. The van der Waals surface area contributed by atoms with Crippen LogP contribution in [0.2, 0.25) is 0 Å². The van der Waals surface area contributed by atoms with Crippen LogP contribution in [0.3, 0.4) is 0 Å². The van der Waals surface area contributed by atoms with Crippen LogP contribution in [0, 0.1) is 5.21 Å². The van der Waals surface area contributed by atoms with Crippen molar-refractivity contribution in [3.63, 3.8) is 0 Å². The van der Waals surface area contributed by atoms with Crippen molar-refractivity contribution in [2.24, 2.45) is 0 Å². The molecular formula is C8H9NO2. The number of benzene rings is 1. The Hall–Kier alpha value is -1.51. The Kier molecular flexibility index (Phi) is 2.49. The minimum atomic E-state index is 0.785. The first-order valence-corrected chi connectivity index (χ1v) is 3.22. The van der Waals surface area contributed by atoms with Gasteiger partial charge in [0.15, 0.2) is 6.21 Å². The summed E-state index contributed by atoms with van der Waals surface area (Å²) in [7, 11) is 1.60. The van der Waals surface area contributed by atoms with Crippen LogP contribution in [-0.4, -0.2) is 13.3 Å². The molecule has 0 saturated carbocycles. The van der Waals surface area contributed by atoms with Crippen LogP contribution in [0.15, 0.2) is 24.3 Å². The molecule has 0 aliphatic heterocycles. The van der Waals surface area contributed by atoms with Crippen molar-refractivity contribution in [1.29, 1.82) is 0 Å². The Labute approximate surface area is 64.9 Å². The second-order valence-electron chi connectivity index (χ2n) is 2.04. The monoisotopic (exact) mass is 151 g/mol. The van der Waals surface area contributed by atoms with Gasteiger partial charge in [0.05, 0.1) is 7.11 Å². The third-order valence-electron chi connectivity index (χ3n) is 1.34. The minimum Gasteiger partial charge on any atom is -0.625 e. The topological polar surface area (TPSA) is 46.3 Å². The minimum absolute atomic E-state index is 0.785. The summed E-state index contributed by atoms with van der Waals surface area (Å²) in [5.41, 5.74) is 0.834. The van der Waals surface area contributed by atoms with E-state index in [4.69, 9.17) is 4.74 Å². The molecule has 0 atom stereocenters. The summed E-state index contributed by atoms with van der Waals surface area (Å²) in [4.78, 5) is 0. The fourth-order valence-corrected chi connectivity index (χ4v) is 0.768. The average molecular weight is 151 g/mol. The highest BCUT2D eigenvalue weighted by Crippen LogP contribution is 2.08. The maximum atomic E-state index is 9.92. The molecular weight excluding hydrogens is 142 g/mol. The van der Waals surface area contributed by atoms with Gasteiger partial charge in [-0.1, -0.05) is 0 Å². The van der Waals surface area contributed by atoms with Gasteiger partial charge >= 0.3 is 0 Å². The molecule has 0 aromatic heterocycles. The average Bonchev–Trinajstić information content (AvgIpc) is 2.07. The Balaban J connectivity index is 2.82. The van der Waals surface area contributed by atoms with E-state index in [1.807, 2.05) is 0 Å². The van der Waals surface area contributed by atoms with Crippen LogP contribution in [0.1, 0.15) is 5.56 Å². The second-order valence-corrected chi connectivity index (χ2v) is 2.04. The lowest BCUT2D eigenvalue weighted by Gasteiger charge is -1.96. The van der Waals surface area contributed by atoms with E-state index in [1.54, 1.807) is 36.5 Å². The number of ether oxygens (including phenoxy) is 1. The molecule has 1 N–H and O–H groups in total. The molecule has 0 aliphatic carbocycles. The maximum absolute atomic E-state index is 9.92.